The second kappa shape index (κ2) is 11.0. The molecular formula is C28H24ClFN6O2S2. The molecule has 0 radical (unpaired) electrons. The molecule has 12 heteroatoms. The van der Waals surface area contributed by atoms with Crippen molar-refractivity contribution in [2.24, 2.45) is 11.1 Å². The number of halogens is 2. The zero-order valence-corrected chi connectivity index (χ0v) is 24.0. The van der Waals surface area contributed by atoms with Crippen molar-refractivity contribution in [1.29, 1.82) is 5.26 Å². The van der Waals surface area contributed by atoms with Crippen LogP contribution in [-0.2, 0) is 9.59 Å². The molecule has 0 fully saturated rings. The molecule has 0 spiro atoms. The number of aromatic nitrogens is 2. The SMILES string of the molecule is CC1(C)CC(=O)C2=C(C1)N(c1nnc(SCC(=O)Nc3ccc(Cl)cc3)s1)C(N)=C(C#N)C2c1ccccc1F. The first kappa shape index (κ1) is 27.8. The zero-order chi connectivity index (χ0) is 28.6. The second-order valence-electron chi connectivity index (χ2n) is 10.2. The fourth-order valence-electron chi connectivity index (χ4n) is 4.96. The number of carbonyl (C=O) groups is 2. The van der Waals surface area contributed by atoms with Crippen molar-refractivity contribution in [3.63, 3.8) is 0 Å². The normalized spacial score (nSPS) is 18.4. The molecule has 0 saturated heterocycles. The van der Waals surface area contributed by atoms with E-state index in [1.807, 2.05) is 13.8 Å². The topological polar surface area (TPSA) is 125 Å². The number of allylic oxidation sites excluding steroid dienone is 3. The van der Waals surface area contributed by atoms with Gasteiger partial charge in [-0.25, -0.2) is 4.39 Å². The van der Waals surface area contributed by atoms with Crippen molar-refractivity contribution in [1.82, 2.24) is 10.2 Å². The second-order valence-corrected chi connectivity index (χ2v) is 12.8. The highest BCUT2D eigenvalue weighted by atomic mass is 35.5. The lowest BCUT2D eigenvalue weighted by atomic mass is 9.68. The number of ketones is 1. The van der Waals surface area contributed by atoms with Gasteiger partial charge in [0.05, 0.1) is 23.3 Å². The summed E-state index contributed by atoms with van der Waals surface area (Å²) >= 11 is 8.28. The third-order valence-electron chi connectivity index (χ3n) is 6.64. The van der Waals surface area contributed by atoms with Crippen molar-refractivity contribution in [2.75, 3.05) is 16.0 Å². The van der Waals surface area contributed by atoms with Gasteiger partial charge in [0.25, 0.3) is 0 Å². The van der Waals surface area contributed by atoms with Crippen molar-refractivity contribution in [2.45, 2.75) is 36.9 Å². The number of amides is 1. The molecule has 1 aliphatic heterocycles. The Morgan fingerprint density at radius 1 is 1.25 bits per heavy atom. The molecular weight excluding hydrogens is 571 g/mol. The van der Waals surface area contributed by atoms with Crippen LogP contribution in [0.25, 0.3) is 0 Å². The third-order valence-corrected chi connectivity index (χ3v) is 8.93. The van der Waals surface area contributed by atoms with Gasteiger partial charge in [0.15, 0.2) is 10.1 Å². The largest absolute Gasteiger partial charge is 0.384 e. The van der Waals surface area contributed by atoms with E-state index in [1.54, 1.807) is 47.4 Å². The summed E-state index contributed by atoms with van der Waals surface area (Å²) in [7, 11) is 0. The van der Waals surface area contributed by atoms with Gasteiger partial charge in [0.1, 0.15) is 11.6 Å². The van der Waals surface area contributed by atoms with Gasteiger partial charge in [0.2, 0.25) is 11.0 Å². The summed E-state index contributed by atoms with van der Waals surface area (Å²) in [4.78, 5) is 27.6. The molecule has 2 heterocycles. The van der Waals surface area contributed by atoms with Crippen LogP contribution >= 0.6 is 34.7 Å². The quantitative estimate of drug-likeness (QED) is 0.333. The summed E-state index contributed by atoms with van der Waals surface area (Å²) < 4.78 is 15.5. The molecule has 5 rings (SSSR count). The summed E-state index contributed by atoms with van der Waals surface area (Å²) in [6.45, 7) is 3.96. The van der Waals surface area contributed by atoms with E-state index in [1.165, 1.54) is 29.2 Å². The molecule has 1 atom stereocenters. The van der Waals surface area contributed by atoms with E-state index in [0.717, 1.165) is 0 Å². The monoisotopic (exact) mass is 594 g/mol. The van der Waals surface area contributed by atoms with E-state index in [-0.39, 0.29) is 46.2 Å². The summed E-state index contributed by atoms with van der Waals surface area (Å²) in [6, 6.07) is 15.0. The van der Waals surface area contributed by atoms with Crippen LogP contribution in [0.5, 0.6) is 0 Å². The van der Waals surface area contributed by atoms with Crippen LogP contribution in [0.2, 0.25) is 5.02 Å². The molecule has 0 bridgehead atoms. The molecule has 2 aliphatic rings. The molecule has 1 unspecified atom stereocenters. The Bertz CT molecular complexity index is 1610. The van der Waals surface area contributed by atoms with Crippen LogP contribution in [0.1, 0.15) is 38.2 Å². The Balaban J connectivity index is 1.47. The number of carbonyl (C=O) groups excluding carboxylic acids is 2. The summed E-state index contributed by atoms with van der Waals surface area (Å²) in [5.41, 5.74) is 8.05. The molecule has 1 aromatic heterocycles. The predicted molar refractivity (Wildman–Crippen MR) is 154 cm³/mol. The smallest absolute Gasteiger partial charge is 0.234 e. The van der Waals surface area contributed by atoms with E-state index < -0.39 is 11.7 Å². The van der Waals surface area contributed by atoms with E-state index in [9.17, 15) is 19.2 Å². The lowest BCUT2D eigenvalue weighted by Crippen LogP contribution is -2.42. The zero-order valence-electron chi connectivity index (χ0n) is 21.6. The average molecular weight is 595 g/mol. The predicted octanol–water partition coefficient (Wildman–Crippen LogP) is 6.00. The molecule has 8 nitrogen and oxygen atoms in total. The number of nitrogens with zero attached hydrogens (tertiary/aromatic N) is 4. The third kappa shape index (κ3) is 5.47. The van der Waals surface area contributed by atoms with Crippen molar-refractivity contribution in [3.05, 3.63) is 87.6 Å². The molecule has 1 amide bonds. The number of nitrogens with one attached hydrogen (secondary N) is 1. The van der Waals surface area contributed by atoms with Crippen molar-refractivity contribution >= 4 is 57.2 Å². The Morgan fingerprint density at radius 2 is 1.98 bits per heavy atom. The van der Waals surface area contributed by atoms with Gasteiger partial charge in [-0.05, 0) is 42.2 Å². The standard InChI is InChI=1S/C28H24ClFN6O2S2/c1-28(2)11-20-24(21(37)12-28)23(17-5-3-4-6-19(17)30)18(13-31)25(32)36(20)26-34-35-27(40-26)39-14-22(38)33-16-9-7-15(29)8-10-16/h3-10,23H,11-12,14,32H2,1-2H3,(H,33,38). The average Bonchev–Trinajstić information content (AvgIpc) is 3.36. The van der Waals surface area contributed by atoms with E-state index >= 15 is 0 Å². The van der Waals surface area contributed by atoms with Gasteiger partial charge < -0.3 is 11.1 Å². The van der Waals surface area contributed by atoms with Crippen LogP contribution in [0.3, 0.4) is 0 Å². The lowest BCUT2D eigenvalue weighted by Gasteiger charge is -2.42. The van der Waals surface area contributed by atoms with Gasteiger partial charge in [-0.3, -0.25) is 14.5 Å². The van der Waals surface area contributed by atoms with E-state index in [2.05, 4.69) is 21.6 Å². The molecule has 1 aliphatic carbocycles. The molecule has 40 heavy (non-hydrogen) atoms. The van der Waals surface area contributed by atoms with Crippen LogP contribution in [0.15, 0.2) is 75.5 Å². The Morgan fingerprint density at radius 3 is 2.67 bits per heavy atom. The first-order valence-corrected chi connectivity index (χ1v) is 14.5. The molecule has 204 valence electrons. The number of rotatable bonds is 6. The fraction of sp³-hybridized carbons (Fsp3) is 0.250. The number of hydrogen-bond donors (Lipinski definition) is 2. The minimum absolute atomic E-state index is 0.0728. The van der Waals surface area contributed by atoms with Crippen LogP contribution in [0, 0.1) is 22.6 Å². The highest BCUT2D eigenvalue weighted by molar-refractivity contribution is 8.01. The fourth-order valence-corrected chi connectivity index (χ4v) is 6.76. The van der Waals surface area contributed by atoms with E-state index in [4.69, 9.17) is 17.3 Å². The summed E-state index contributed by atoms with van der Waals surface area (Å²) in [6.07, 6.45) is 0.715. The molecule has 3 aromatic rings. The minimum Gasteiger partial charge on any atom is -0.384 e. The minimum atomic E-state index is -0.917. The number of hydrogen-bond acceptors (Lipinski definition) is 9. The lowest BCUT2D eigenvalue weighted by molar-refractivity contribution is -0.118. The number of thioether (sulfide) groups is 1. The van der Waals surface area contributed by atoms with Gasteiger partial charge in [-0.15, -0.1) is 10.2 Å². The highest BCUT2D eigenvalue weighted by Crippen LogP contribution is 2.51. The maximum atomic E-state index is 15.0. The Kier molecular flexibility index (Phi) is 7.68. The summed E-state index contributed by atoms with van der Waals surface area (Å²) in [5.74, 6) is -1.67. The summed E-state index contributed by atoms with van der Waals surface area (Å²) in [5, 5.41) is 22.4. The number of benzene rings is 2. The van der Waals surface area contributed by atoms with Gasteiger partial charge in [-0.2, -0.15) is 5.26 Å². The van der Waals surface area contributed by atoms with Gasteiger partial charge in [0, 0.05) is 34.0 Å². The number of anilines is 2. The Labute approximate surface area is 243 Å². The Hall–Kier alpha value is -3.72. The van der Waals surface area contributed by atoms with Crippen molar-refractivity contribution in [3.8, 4) is 6.07 Å². The molecule has 2 aromatic carbocycles. The molecule has 0 saturated carbocycles. The number of Topliss-reactive ketones (excluding diaryl/α,β-unsaturated/α-hetero) is 1. The van der Waals surface area contributed by atoms with Gasteiger partial charge >= 0.3 is 0 Å². The van der Waals surface area contributed by atoms with Crippen molar-refractivity contribution < 1.29 is 14.0 Å². The molecule has 3 N–H and O–H groups in total. The first-order valence-electron chi connectivity index (χ1n) is 12.3. The van der Waals surface area contributed by atoms with Crippen LogP contribution < -0.4 is 16.0 Å². The first-order chi connectivity index (χ1) is 19.1. The maximum Gasteiger partial charge on any atom is 0.234 e. The van der Waals surface area contributed by atoms with Crippen LogP contribution in [-0.4, -0.2) is 27.6 Å². The number of nitrogens with two attached hydrogens (primary N) is 1. The highest BCUT2D eigenvalue weighted by Gasteiger charge is 2.46. The van der Waals surface area contributed by atoms with Gasteiger partial charge in [-0.1, -0.05) is 66.7 Å². The number of nitriles is 1. The van der Waals surface area contributed by atoms with E-state index in [0.29, 0.717) is 37.9 Å². The maximum absolute atomic E-state index is 15.0. The van der Waals surface area contributed by atoms with Crippen LogP contribution in [0.4, 0.5) is 15.2 Å².